The minimum absolute atomic E-state index is 0.0523. The predicted molar refractivity (Wildman–Crippen MR) is 112 cm³/mol. The van der Waals surface area contributed by atoms with Gasteiger partial charge in [-0.05, 0) is 45.4 Å². The van der Waals surface area contributed by atoms with Crippen LogP contribution in [0.3, 0.4) is 0 Å². The van der Waals surface area contributed by atoms with E-state index in [4.69, 9.17) is 5.26 Å². The molecule has 1 saturated heterocycles. The van der Waals surface area contributed by atoms with Crippen LogP contribution >= 0.6 is 0 Å². The first kappa shape index (κ1) is 20.0. The fourth-order valence-electron chi connectivity index (χ4n) is 4.30. The summed E-state index contributed by atoms with van der Waals surface area (Å²) < 4.78 is 14.4. The highest BCUT2D eigenvalue weighted by Gasteiger charge is 2.49. The second-order valence-electron chi connectivity index (χ2n) is 7.76. The molecular formula is C21H24FN7O. The van der Waals surface area contributed by atoms with Crippen LogP contribution in [-0.2, 0) is 10.3 Å². The van der Waals surface area contributed by atoms with E-state index in [1.165, 1.54) is 24.5 Å². The van der Waals surface area contributed by atoms with E-state index in [1.807, 2.05) is 19.9 Å². The number of aromatic nitrogens is 2. The van der Waals surface area contributed by atoms with Gasteiger partial charge in [0.15, 0.2) is 5.69 Å². The van der Waals surface area contributed by atoms with Crippen molar-refractivity contribution >= 4 is 23.1 Å². The summed E-state index contributed by atoms with van der Waals surface area (Å²) >= 11 is 0. The van der Waals surface area contributed by atoms with Gasteiger partial charge in [-0.1, -0.05) is 0 Å². The zero-order chi connectivity index (χ0) is 21.3. The highest BCUT2D eigenvalue weighted by Crippen LogP contribution is 2.45. The Hall–Kier alpha value is -3.25. The van der Waals surface area contributed by atoms with Gasteiger partial charge < -0.3 is 16.0 Å². The van der Waals surface area contributed by atoms with Gasteiger partial charge in [0.25, 0.3) is 0 Å². The number of halogens is 1. The molecule has 2 aliphatic rings. The van der Waals surface area contributed by atoms with Gasteiger partial charge in [0.2, 0.25) is 5.91 Å². The molecule has 1 aromatic carbocycles. The molecule has 8 nitrogen and oxygen atoms in total. The minimum Gasteiger partial charge on any atom is -0.384 e. The van der Waals surface area contributed by atoms with E-state index in [0.29, 0.717) is 35.8 Å². The van der Waals surface area contributed by atoms with Crippen molar-refractivity contribution in [2.45, 2.75) is 38.3 Å². The SMILES string of the molecule is CCNc1cc(F)cc2c1NC(=O)[C@]2(C)N1CCCC(Nc2cnc(C#N)cn2)C1. The number of piperidine rings is 1. The number of likely N-dealkylation sites (tertiary alicyclic amines) is 1. The third-order valence-corrected chi connectivity index (χ3v) is 5.85. The Labute approximate surface area is 174 Å². The number of benzene rings is 1. The predicted octanol–water partition coefficient (Wildman–Crippen LogP) is 2.66. The number of nitrogens with zero attached hydrogens (tertiary/aromatic N) is 4. The van der Waals surface area contributed by atoms with Crippen LogP contribution in [0.5, 0.6) is 0 Å². The Kier molecular flexibility index (Phi) is 5.26. The van der Waals surface area contributed by atoms with Gasteiger partial charge in [-0.15, -0.1) is 0 Å². The number of anilines is 3. The number of carbonyl (C=O) groups excluding carboxylic acids is 1. The molecule has 3 N–H and O–H groups in total. The van der Waals surface area contributed by atoms with Crippen LogP contribution in [0.15, 0.2) is 24.5 Å². The highest BCUT2D eigenvalue weighted by molar-refractivity contribution is 6.08. The molecule has 2 aromatic rings. The van der Waals surface area contributed by atoms with Crippen LogP contribution in [0.1, 0.15) is 37.9 Å². The molecule has 30 heavy (non-hydrogen) atoms. The van der Waals surface area contributed by atoms with Crippen LogP contribution in [-0.4, -0.2) is 46.5 Å². The van der Waals surface area contributed by atoms with E-state index in [0.717, 1.165) is 19.4 Å². The topological polar surface area (TPSA) is 106 Å². The molecule has 1 amide bonds. The van der Waals surface area contributed by atoms with E-state index in [2.05, 4.69) is 30.8 Å². The number of amides is 1. The molecule has 3 heterocycles. The molecule has 9 heteroatoms. The van der Waals surface area contributed by atoms with Crippen molar-refractivity contribution in [3.63, 3.8) is 0 Å². The maximum Gasteiger partial charge on any atom is 0.249 e. The number of carbonyl (C=O) groups is 1. The third-order valence-electron chi connectivity index (χ3n) is 5.85. The summed E-state index contributed by atoms with van der Waals surface area (Å²) in [7, 11) is 0. The zero-order valence-corrected chi connectivity index (χ0v) is 17.0. The molecule has 0 spiro atoms. The van der Waals surface area contributed by atoms with Crippen molar-refractivity contribution < 1.29 is 9.18 Å². The molecule has 1 aromatic heterocycles. The van der Waals surface area contributed by atoms with Gasteiger partial charge in [0.1, 0.15) is 23.2 Å². The van der Waals surface area contributed by atoms with Crippen molar-refractivity contribution in [1.82, 2.24) is 14.9 Å². The monoisotopic (exact) mass is 409 g/mol. The molecule has 0 radical (unpaired) electrons. The van der Waals surface area contributed by atoms with Gasteiger partial charge in [-0.2, -0.15) is 5.26 Å². The number of nitrogens with one attached hydrogen (secondary N) is 3. The zero-order valence-electron chi connectivity index (χ0n) is 17.0. The average molecular weight is 409 g/mol. The number of nitriles is 1. The smallest absolute Gasteiger partial charge is 0.249 e. The van der Waals surface area contributed by atoms with Crippen molar-refractivity contribution in [3.8, 4) is 6.07 Å². The largest absolute Gasteiger partial charge is 0.384 e. The van der Waals surface area contributed by atoms with E-state index in [-0.39, 0.29) is 23.5 Å². The molecule has 1 unspecified atom stereocenters. The maximum atomic E-state index is 14.4. The lowest BCUT2D eigenvalue weighted by Gasteiger charge is -2.42. The number of hydrogen-bond donors (Lipinski definition) is 3. The van der Waals surface area contributed by atoms with E-state index in [1.54, 1.807) is 0 Å². The lowest BCUT2D eigenvalue weighted by molar-refractivity contribution is -0.127. The summed E-state index contributed by atoms with van der Waals surface area (Å²) in [5, 5.41) is 18.3. The molecule has 2 aliphatic heterocycles. The molecule has 2 atom stereocenters. The van der Waals surface area contributed by atoms with Crippen molar-refractivity contribution in [2.24, 2.45) is 0 Å². The fraction of sp³-hybridized carbons (Fsp3) is 0.429. The normalized spacial score (nSPS) is 23.4. The van der Waals surface area contributed by atoms with E-state index in [9.17, 15) is 9.18 Å². The molecule has 0 saturated carbocycles. The van der Waals surface area contributed by atoms with Gasteiger partial charge in [-0.3, -0.25) is 9.69 Å². The first-order valence-corrected chi connectivity index (χ1v) is 10.1. The molecule has 4 rings (SSSR count). The summed E-state index contributed by atoms with van der Waals surface area (Å²) in [4.78, 5) is 23.4. The standard InChI is InChI=1S/C21H24FN7O/c1-3-24-17-8-13(22)7-16-19(17)28-20(30)21(16,2)29-6-4-5-14(12-29)27-18-11-25-15(9-23)10-26-18/h7-8,10-11,14,24H,3-6,12H2,1-2H3,(H,26,27)(H,28,30)/t14?,21-/m1/s1. The fourth-order valence-corrected chi connectivity index (χ4v) is 4.30. The van der Waals surface area contributed by atoms with Gasteiger partial charge >= 0.3 is 0 Å². The van der Waals surface area contributed by atoms with Gasteiger partial charge in [-0.25, -0.2) is 14.4 Å². The van der Waals surface area contributed by atoms with Crippen molar-refractivity contribution in [1.29, 1.82) is 5.26 Å². The quantitative estimate of drug-likeness (QED) is 0.697. The average Bonchev–Trinajstić information content (AvgIpc) is 3.01. The molecular weight excluding hydrogens is 385 g/mol. The van der Waals surface area contributed by atoms with Crippen LogP contribution in [0.2, 0.25) is 0 Å². The Morgan fingerprint density at radius 1 is 1.40 bits per heavy atom. The van der Waals surface area contributed by atoms with Crippen molar-refractivity contribution in [2.75, 3.05) is 35.6 Å². The first-order chi connectivity index (χ1) is 14.5. The summed E-state index contributed by atoms with van der Waals surface area (Å²) in [5.41, 5.74) is 1.21. The molecule has 1 fully saturated rings. The summed E-state index contributed by atoms with van der Waals surface area (Å²) in [6, 6.07) is 4.87. The second kappa shape index (κ2) is 7.88. The minimum atomic E-state index is -0.960. The molecule has 156 valence electrons. The van der Waals surface area contributed by atoms with Crippen LogP contribution in [0, 0.1) is 17.1 Å². The lowest BCUT2D eigenvalue weighted by atomic mass is 9.88. The van der Waals surface area contributed by atoms with Crippen LogP contribution in [0.25, 0.3) is 0 Å². The second-order valence-corrected chi connectivity index (χ2v) is 7.76. The molecule has 0 aliphatic carbocycles. The van der Waals surface area contributed by atoms with Gasteiger partial charge in [0.05, 0.1) is 23.8 Å². The summed E-state index contributed by atoms with van der Waals surface area (Å²) in [6.45, 7) is 5.74. The maximum absolute atomic E-state index is 14.4. The first-order valence-electron chi connectivity index (χ1n) is 10.1. The number of hydrogen-bond acceptors (Lipinski definition) is 7. The summed E-state index contributed by atoms with van der Waals surface area (Å²) in [6.07, 6.45) is 4.76. The Bertz CT molecular complexity index is 1000. The Morgan fingerprint density at radius 2 is 2.23 bits per heavy atom. The van der Waals surface area contributed by atoms with E-state index < -0.39 is 5.54 Å². The lowest BCUT2D eigenvalue weighted by Crippen LogP contribution is -2.55. The third kappa shape index (κ3) is 3.44. The van der Waals surface area contributed by atoms with Crippen LogP contribution < -0.4 is 16.0 Å². The Morgan fingerprint density at radius 3 is 2.93 bits per heavy atom. The van der Waals surface area contributed by atoms with E-state index >= 15 is 0 Å². The van der Waals surface area contributed by atoms with Crippen molar-refractivity contribution in [3.05, 3.63) is 41.6 Å². The number of fused-ring (bicyclic) bond motifs is 1. The summed E-state index contributed by atoms with van der Waals surface area (Å²) in [5.74, 6) is 0.0655. The highest BCUT2D eigenvalue weighted by atomic mass is 19.1. The molecule has 0 bridgehead atoms. The Balaban J connectivity index is 1.59. The van der Waals surface area contributed by atoms with Crippen LogP contribution in [0.4, 0.5) is 21.6 Å². The van der Waals surface area contributed by atoms with Gasteiger partial charge in [0, 0.05) is 24.7 Å². The number of rotatable bonds is 5.